The fourth-order valence-electron chi connectivity index (χ4n) is 1.63. The molecule has 0 fully saturated rings. The van der Waals surface area contributed by atoms with E-state index in [2.05, 4.69) is 20.9 Å². The Morgan fingerprint density at radius 2 is 2.41 bits per heavy atom. The van der Waals surface area contributed by atoms with E-state index in [9.17, 15) is 4.79 Å². The summed E-state index contributed by atoms with van der Waals surface area (Å²) in [5, 5.41) is 8.60. The zero-order valence-electron chi connectivity index (χ0n) is 9.10. The lowest BCUT2D eigenvalue weighted by Crippen LogP contribution is -2.08. The van der Waals surface area contributed by atoms with Crippen molar-refractivity contribution < 1.29 is 14.6 Å². The maximum Gasteiger partial charge on any atom is 0.303 e. The molecule has 1 aromatic carbocycles. The van der Waals surface area contributed by atoms with E-state index in [1.165, 1.54) is 0 Å². The van der Waals surface area contributed by atoms with Gasteiger partial charge in [-0.05, 0) is 24.6 Å². The Hall–Kier alpha value is -1.36. The average Bonchev–Trinajstić information content (AvgIpc) is 2.75. The number of halogens is 1. The van der Waals surface area contributed by atoms with Crippen molar-refractivity contribution in [2.75, 3.05) is 6.61 Å². The van der Waals surface area contributed by atoms with Crippen molar-refractivity contribution in [1.82, 2.24) is 0 Å². The molecule has 0 aliphatic carbocycles. The van der Waals surface area contributed by atoms with Gasteiger partial charge in [0, 0.05) is 16.5 Å². The molecule has 90 valence electrons. The normalized spacial score (nSPS) is 18.6. The first-order chi connectivity index (χ1) is 8.15. The highest BCUT2D eigenvalue weighted by Crippen LogP contribution is 2.18. The summed E-state index contributed by atoms with van der Waals surface area (Å²) in [7, 11) is 0. The van der Waals surface area contributed by atoms with Crippen molar-refractivity contribution in [3.05, 3.63) is 34.3 Å². The Labute approximate surface area is 107 Å². The molecule has 0 radical (unpaired) electrons. The number of hydrogen-bond donors (Lipinski definition) is 1. The van der Waals surface area contributed by atoms with Crippen LogP contribution in [-0.4, -0.2) is 29.6 Å². The van der Waals surface area contributed by atoms with E-state index in [0.717, 1.165) is 10.0 Å². The second-order valence-electron chi connectivity index (χ2n) is 3.84. The fourth-order valence-corrected chi connectivity index (χ4v) is 2.03. The van der Waals surface area contributed by atoms with E-state index < -0.39 is 5.97 Å². The predicted molar refractivity (Wildman–Crippen MR) is 67.3 cm³/mol. The third-order valence-corrected chi connectivity index (χ3v) is 2.97. The van der Waals surface area contributed by atoms with Gasteiger partial charge in [0.15, 0.2) is 0 Å². The Morgan fingerprint density at radius 3 is 3.12 bits per heavy atom. The van der Waals surface area contributed by atoms with Crippen molar-refractivity contribution in [3.8, 4) is 0 Å². The van der Waals surface area contributed by atoms with Crippen molar-refractivity contribution in [3.63, 3.8) is 0 Å². The van der Waals surface area contributed by atoms with E-state index in [-0.39, 0.29) is 12.5 Å². The number of aliphatic carboxylic acids is 1. The standard InChI is InChI=1S/C12H12BrNO3/c13-9-3-1-2-8(6-9)12-14-10(7-17-12)4-5-11(15)16/h1-3,6,10H,4-5,7H2,(H,15,16). The minimum absolute atomic E-state index is 0.0416. The number of benzene rings is 1. The zero-order chi connectivity index (χ0) is 12.3. The van der Waals surface area contributed by atoms with Crippen LogP contribution in [0.25, 0.3) is 0 Å². The number of hydrogen-bond acceptors (Lipinski definition) is 3. The summed E-state index contributed by atoms with van der Waals surface area (Å²) in [5.74, 6) is -0.196. The van der Waals surface area contributed by atoms with Crippen LogP contribution < -0.4 is 0 Å². The van der Waals surface area contributed by atoms with Crippen LogP contribution >= 0.6 is 15.9 Å². The molecule has 0 amide bonds. The van der Waals surface area contributed by atoms with Gasteiger partial charge in [-0.2, -0.15) is 0 Å². The van der Waals surface area contributed by atoms with E-state index >= 15 is 0 Å². The summed E-state index contributed by atoms with van der Waals surface area (Å²) in [4.78, 5) is 14.8. The summed E-state index contributed by atoms with van der Waals surface area (Å²) in [6.45, 7) is 0.467. The van der Waals surface area contributed by atoms with Crippen LogP contribution in [0.1, 0.15) is 18.4 Å². The van der Waals surface area contributed by atoms with Gasteiger partial charge in [0.25, 0.3) is 0 Å². The largest absolute Gasteiger partial charge is 0.481 e. The van der Waals surface area contributed by atoms with Crippen LogP contribution in [0.15, 0.2) is 33.7 Å². The zero-order valence-corrected chi connectivity index (χ0v) is 10.7. The molecule has 1 N–H and O–H groups in total. The Bertz CT molecular complexity index is 459. The first kappa shape index (κ1) is 12.1. The van der Waals surface area contributed by atoms with Crippen molar-refractivity contribution >= 4 is 27.8 Å². The molecule has 1 aliphatic heterocycles. The lowest BCUT2D eigenvalue weighted by molar-refractivity contribution is -0.137. The van der Waals surface area contributed by atoms with Crippen molar-refractivity contribution in [2.24, 2.45) is 4.99 Å². The molecule has 1 unspecified atom stereocenters. The second kappa shape index (κ2) is 5.31. The number of nitrogens with zero attached hydrogens (tertiary/aromatic N) is 1. The van der Waals surface area contributed by atoms with Crippen molar-refractivity contribution in [2.45, 2.75) is 18.9 Å². The number of rotatable bonds is 4. The number of aliphatic imine (C=N–C) groups is 1. The summed E-state index contributed by atoms with van der Waals surface area (Å²) in [5.41, 5.74) is 0.914. The Kier molecular flexibility index (Phi) is 3.78. The van der Waals surface area contributed by atoms with Crippen LogP contribution in [0, 0.1) is 0 Å². The minimum atomic E-state index is -0.795. The number of carboxylic acids is 1. The molecule has 0 saturated heterocycles. The van der Waals surface area contributed by atoms with E-state index in [1.54, 1.807) is 0 Å². The maximum absolute atomic E-state index is 10.5. The summed E-state index contributed by atoms with van der Waals surface area (Å²) < 4.78 is 6.44. The molecule has 0 bridgehead atoms. The van der Waals surface area contributed by atoms with Gasteiger partial charge >= 0.3 is 5.97 Å². The lowest BCUT2D eigenvalue weighted by Gasteiger charge is -2.01. The van der Waals surface area contributed by atoms with Gasteiger partial charge < -0.3 is 9.84 Å². The summed E-state index contributed by atoms with van der Waals surface area (Å²) in [6.07, 6.45) is 0.649. The van der Waals surface area contributed by atoms with Gasteiger partial charge in [-0.1, -0.05) is 22.0 Å². The van der Waals surface area contributed by atoms with Gasteiger partial charge in [-0.15, -0.1) is 0 Å². The van der Waals surface area contributed by atoms with E-state index in [0.29, 0.717) is 18.9 Å². The molecule has 0 aromatic heterocycles. The predicted octanol–water partition coefficient (Wildman–Crippen LogP) is 2.46. The molecule has 1 aliphatic rings. The monoisotopic (exact) mass is 297 g/mol. The Morgan fingerprint density at radius 1 is 1.59 bits per heavy atom. The molecule has 0 saturated carbocycles. The maximum atomic E-state index is 10.5. The molecule has 1 aromatic rings. The molecule has 0 spiro atoms. The number of carbonyl (C=O) groups is 1. The third-order valence-electron chi connectivity index (χ3n) is 2.48. The highest BCUT2D eigenvalue weighted by molar-refractivity contribution is 9.10. The molecule has 2 rings (SSSR count). The molecule has 1 atom stereocenters. The van der Waals surface area contributed by atoms with E-state index in [4.69, 9.17) is 9.84 Å². The van der Waals surface area contributed by atoms with Gasteiger partial charge in [0.05, 0.1) is 6.04 Å². The van der Waals surface area contributed by atoms with Gasteiger partial charge in [0.2, 0.25) is 5.90 Å². The summed E-state index contributed by atoms with van der Waals surface area (Å²) in [6, 6.07) is 7.65. The van der Waals surface area contributed by atoms with Crippen LogP contribution in [0.2, 0.25) is 0 Å². The molecule has 5 heteroatoms. The topological polar surface area (TPSA) is 58.9 Å². The van der Waals surface area contributed by atoms with Crippen LogP contribution in [0.3, 0.4) is 0 Å². The second-order valence-corrected chi connectivity index (χ2v) is 4.76. The molecular formula is C12H12BrNO3. The highest BCUT2D eigenvalue weighted by atomic mass is 79.9. The smallest absolute Gasteiger partial charge is 0.303 e. The third kappa shape index (κ3) is 3.30. The highest BCUT2D eigenvalue weighted by Gasteiger charge is 2.20. The van der Waals surface area contributed by atoms with E-state index in [1.807, 2.05) is 24.3 Å². The molecule has 1 heterocycles. The van der Waals surface area contributed by atoms with Crippen LogP contribution in [0.4, 0.5) is 0 Å². The number of carboxylic acid groups (broad SMARTS) is 1. The minimum Gasteiger partial charge on any atom is -0.481 e. The SMILES string of the molecule is O=C(O)CCC1COC(c2cccc(Br)c2)=N1. The molecule has 17 heavy (non-hydrogen) atoms. The summed E-state index contributed by atoms with van der Waals surface area (Å²) >= 11 is 3.39. The average molecular weight is 298 g/mol. The quantitative estimate of drug-likeness (QED) is 0.929. The van der Waals surface area contributed by atoms with Gasteiger partial charge in [-0.3, -0.25) is 4.79 Å². The molecular weight excluding hydrogens is 286 g/mol. The van der Waals surface area contributed by atoms with Crippen LogP contribution in [0.5, 0.6) is 0 Å². The molecule has 4 nitrogen and oxygen atoms in total. The van der Waals surface area contributed by atoms with Gasteiger partial charge in [-0.25, -0.2) is 4.99 Å². The van der Waals surface area contributed by atoms with Crippen molar-refractivity contribution in [1.29, 1.82) is 0 Å². The first-order valence-corrected chi connectivity index (χ1v) is 6.13. The number of ether oxygens (including phenoxy) is 1. The Balaban J connectivity index is 2.03. The lowest BCUT2D eigenvalue weighted by atomic mass is 10.2. The van der Waals surface area contributed by atoms with Gasteiger partial charge in [0.1, 0.15) is 6.61 Å². The van der Waals surface area contributed by atoms with Crippen LogP contribution in [-0.2, 0) is 9.53 Å². The fraction of sp³-hybridized carbons (Fsp3) is 0.333. The first-order valence-electron chi connectivity index (χ1n) is 5.33.